The highest BCUT2D eigenvalue weighted by Gasteiger charge is 2.05. The van der Waals surface area contributed by atoms with Crippen molar-refractivity contribution in [1.82, 2.24) is 4.98 Å². The van der Waals surface area contributed by atoms with E-state index in [0.29, 0.717) is 0 Å². The number of anilines is 1. The summed E-state index contributed by atoms with van der Waals surface area (Å²) >= 11 is 0. The van der Waals surface area contributed by atoms with E-state index in [1.807, 2.05) is 37.4 Å². The molecule has 3 nitrogen and oxygen atoms in total. The first kappa shape index (κ1) is 12.5. The highest BCUT2D eigenvalue weighted by molar-refractivity contribution is 5.46. The second-order valence-electron chi connectivity index (χ2n) is 3.71. The lowest BCUT2D eigenvalue weighted by Gasteiger charge is -2.21. The van der Waals surface area contributed by atoms with E-state index in [-0.39, 0.29) is 6.04 Å². The minimum absolute atomic E-state index is 0.0266. The summed E-state index contributed by atoms with van der Waals surface area (Å²) in [5.74, 6) is 0. The van der Waals surface area contributed by atoms with Crippen molar-refractivity contribution in [2.45, 2.75) is 13.0 Å². The highest BCUT2D eigenvalue weighted by atomic mass is 15.1. The zero-order chi connectivity index (χ0) is 12.0. The third-order valence-electron chi connectivity index (χ3n) is 2.30. The molecule has 0 saturated heterocycles. The van der Waals surface area contributed by atoms with E-state index in [1.165, 1.54) is 0 Å². The molecule has 0 aliphatic carbocycles. The second kappa shape index (κ2) is 6.08. The van der Waals surface area contributed by atoms with Gasteiger partial charge in [0.05, 0.1) is 17.6 Å². The molecular formula is C13H19N3. The highest BCUT2D eigenvalue weighted by Crippen LogP contribution is 2.15. The maximum Gasteiger partial charge on any atom is 0.0569 e. The van der Waals surface area contributed by atoms with Crippen LogP contribution in [0.5, 0.6) is 0 Å². The van der Waals surface area contributed by atoms with Crippen molar-refractivity contribution in [1.29, 1.82) is 0 Å². The van der Waals surface area contributed by atoms with Gasteiger partial charge in [0.1, 0.15) is 0 Å². The first-order valence-electron chi connectivity index (χ1n) is 5.37. The van der Waals surface area contributed by atoms with Crippen LogP contribution in [0.1, 0.15) is 18.7 Å². The number of rotatable bonds is 6. The van der Waals surface area contributed by atoms with Crippen molar-refractivity contribution in [2.24, 2.45) is 5.73 Å². The molecule has 1 aromatic heterocycles. The molecule has 0 saturated carbocycles. The van der Waals surface area contributed by atoms with Crippen molar-refractivity contribution in [3.05, 3.63) is 49.3 Å². The predicted molar refractivity (Wildman–Crippen MR) is 69.4 cm³/mol. The summed E-state index contributed by atoms with van der Waals surface area (Å²) in [7, 11) is 0. The Balaban J connectivity index is 2.84. The zero-order valence-corrected chi connectivity index (χ0v) is 9.76. The van der Waals surface area contributed by atoms with Gasteiger partial charge in [0.2, 0.25) is 0 Å². The van der Waals surface area contributed by atoms with Crippen LogP contribution in [0.4, 0.5) is 5.69 Å². The van der Waals surface area contributed by atoms with Crippen LogP contribution in [0.2, 0.25) is 0 Å². The standard InChI is InChI=1S/C13H19N3/c1-4-8-16(9-5-2)12-6-7-13(11(3)14)15-10-12/h4-7,10-11H,1-2,8-9,14H2,3H3/t11-/m1/s1. The summed E-state index contributed by atoms with van der Waals surface area (Å²) in [6.45, 7) is 11.0. The van der Waals surface area contributed by atoms with Crippen molar-refractivity contribution in [2.75, 3.05) is 18.0 Å². The Kier molecular flexibility index (Phi) is 4.73. The molecule has 0 unspecified atom stereocenters. The zero-order valence-electron chi connectivity index (χ0n) is 9.76. The molecule has 86 valence electrons. The topological polar surface area (TPSA) is 42.1 Å². The van der Waals surface area contributed by atoms with Gasteiger partial charge in [-0.3, -0.25) is 4.98 Å². The van der Waals surface area contributed by atoms with Gasteiger partial charge in [0, 0.05) is 19.1 Å². The molecule has 0 spiro atoms. The smallest absolute Gasteiger partial charge is 0.0569 e. The fourth-order valence-corrected chi connectivity index (χ4v) is 1.45. The fourth-order valence-electron chi connectivity index (χ4n) is 1.45. The van der Waals surface area contributed by atoms with Gasteiger partial charge in [-0.1, -0.05) is 12.2 Å². The second-order valence-corrected chi connectivity index (χ2v) is 3.71. The van der Waals surface area contributed by atoms with Gasteiger partial charge in [-0.25, -0.2) is 0 Å². The molecule has 0 amide bonds. The van der Waals surface area contributed by atoms with E-state index >= 15 is 0 Å². The number of nitrogens with two attached hydrogens (primary N) is 1. The summed E-state index contributed by atoms with van der Waals surface area (Å²) in [5, 5.41) is 0. The summed E-state index contributed by atoms with van der Waals surface area (Å²) < 4.78 is 0. The lowest BCUT2D eigenvalue weighted by Crippen LogP contribution is -2.23. The van der Waals surface area contributed by atoms with Crippen LogP contribution >= 0.6 is 0 Å². The first-order chi connectivity index (χ1) is 7.69. The number of nitrogens with zero attached hydrogens (tertiary/aromatic N) is 2. The normalized spacial score (nSPS) is 11.9. The van der Waals surface area contributed by atoms with Gasteiger partial charge >= 0.3 is 0 Å². The van der Waals surface area contributed by atoms with Gasteiger partial charge in [-0.15, -0.1) is 13.2 Å². The fraction of sp³-hybridized carbons (Fsp3) is 0.308. The maximum absolute atomic E-state index is 5.75. The molecule has 0 radical (unpaired) electrons. The molecule has 1 atom stereocenters. The number of hydrogen-bond donors (Lipinski definition) is 1. The minimum atomic E-state index is -0.0266. The molecular weight excluding hydrogens is 198 g/mol. The third kappa shape index (κ3) is 3.21. The molecule has 2 N–H and O–H groups in total. The monoisotopic (exact) mass is 217 g/mol. The Labute approximate surface area is 97.3 Å². The molecule has 3 heteroatoms. The van der Waals surface area contributed by atoms with Crippen LogP contribution in [0.3, 0.4) is 0 Å². The van der Waals surface area contributed by atoms with E-state index in [1.54, 1.807) is 0 Å². The summed E-state index contributed by atoms with van der Waals surface area (Å²) in [6.07, 6.45) is 5.57. The Morgan fingerprint density at radius 3 is 2.38 bits per heavy atom. The number of pyridine rings is 1. The predicted octanol–water partition coefficient (Wildman–Crippen LogP) is 2.28. The van der Waals surface area contributed by atoms with E-state index in [9.17, 15) is 0 Å². The molecule has 0 fully saturated rings. The SMILES string of the molecule is C=CCN(CC=C)c1ccc([C@@H](C)N)nc1. The Bertz CT molecular complexity index is 331. The Hall–Kier alpha value is -1.61. The minimum Gasteiger partial charge on any atom is -0.363 e. The molecule has 0 aliphatic rings. The van der Waals surface area contributed by atoms with Crippen LogP contribution in [0.15, 0.2) is 43.6 Å². The van der Waals surface area contributed by atoms with Gasteiger partial charge in [-0.2, -0.15) is 0 Å². The molecule has 1 rings (SSSR count). The number of hydrogen-bond acceptors (Lipinski definition) is 3. The molecule has 1 aromatic rings. The van der Waals surface area contributed by atoms with E-state index in [4.69, 9.17) is 5.73 Å². The summed E-state index contributed by atoms with van der Waals surface area (Å²) in [4.78, 5) is 6.47. The molecule has 16 heavy (non-hydrogen) atoms. The Morgan fingerprint density at radius 1 is 1.38 bits per heavy atom. The van der Waals surface area contributed by atoms with Crippen molar-refractivity contribution in [3.63, 3.8) is 0 Å². The van der Waals surface area contributed by atoms with Crippen LogP contribution in [0, 0.1) is 0 Å². The lowest BCUT2D eigenvalue weighted by molar-refractivity contribution is 0.779. The first-order valence-corrected chi connectivity index (χ1v) is 5.37. The van der Waals surface area contributed by atoms with E-state index in [0.717, 1.165) is 24.5 Å². The van der Waals surface area contributed by atoms with Crippen molar-refractivity contribution < 1.29 is 0 Å². The molecule has 0 aromatic carbocycles. The summed E-state index contributed by atoms with van der Waals surface area (Å²) in [6, 6.07) is 3.96. The lowest BCUT2D eigenvalue weighted by atomic mass is 10.2. The van der Waals surface area contributed by atoms with Gasteiger partial charge < -0.3 is 10.6 Å². The van der Waals surface area contributed by atoms with Crippen LogP contribution in [0.25, 0.3) is 0 Å². The molecule has 0 bridgehead atoms. The Morgan fingerprint density at radius 2 is 2.00 bits per heavy atom. The third-order valence-corrected chi connectivity index (χ3v) is 2.30. The van der Waals surface area contributed by atoms with E-state index in [2.05, 4.69) is 23.0 Å². The van der Waals surface area contributed by atoms with Gasteiger partial charge in [0.25, 0.3) is 0 Å². The largest absolute Gasteiger partial charge is 0.363 e. The average Bonchev–Trinajstić information content (AvgIpc) is 2.29. The number of aromatic nitrogens is 1. The maximum atomic E-state index is 5.75. The van der Waals surface area contributed by atoms with Gasteiger partial charge in [0.15, 0.2) is 0 Å². The van der Waals surface area contributed by atoms with Crippen LogP contribution in [-0.4, -0.2) is 18.1 Å². The molecule has 0 aliphatic heterocycles. The summed E-state index contributed by atoms with van der Waals surface area (Å²) in [5.41, 5.74) is 7.71. The quantitative estimate of drug-likeness (QED) is 0.743. The van der Waals surface area contributed by atoms with Crippen LogP contribution < -0.4 is 10.6 Å². The molecule has 1 heterocycles. The van der Waals surface area contributed by atoms with Gasteiger partial charge in [-0.05, 0) is 19.1 Å². The average molecular weight is 217 g/mol. The van der Waals surface area contributed by atoms with Crippen molar-refractivity contribution in [3.8, 4) is 0 Å². The van der Waals surface area contributed by atoms with E-state index < -0.39 is 0 Å². The van der Waals surface area contributed by atoms with Crippen LogP contribution in [-0.2, 0) is 0 Å². The van der Waals surface area contributed by atoms with Crippen molar-refractivity contribution >= 4 is 5.69 Å².